The lowest BCUT2D eigenvalue weighted by Gasteiger charge is -2.13. The first-order valence-corrected chi connectivity index (χ1v) is 11.2. The molecule has 0 radical (unpaired) electrons. The van der Waals surface area contributed by atoms with Gasteiger partial charge in [-0.15, -0.1) is 0 Å². The van der Waals surface area contributed by atoms with E-state index in [0.29, 0.717) is 40.8 Å². The normalized spacial score (nSPS) is 10.7. The Hall–Kier alpha value is -4.77. The van der Waals surface area contributed by atoms with Crippen LogP contribution < -0.4 is 24.8 Å². The fourth-order valence-electron chi connectivity index (χ4n) is 3.17. The third-order valence-electron chi connectivity index (χ3n) is 4.99. The number of nitrogens with zero attached hydrogens (tertiary/aromatic N) is 1. The van der Waals surface area contributed by atoms with Gasteiger partial charge in [0, 0.05) is 11.4 Å². The zero-order valence-corrected chi connectivity index (χ0v) is 20.3. The van der Waals surface area contributed by atoms with Crippen LogP contribution in [0.1, 0.15) is 18.1 Å². The topological polar surface area (TPSA) is 110 Å². The molecule has 0 unspecified atom stereocenters. The summed E-state index contributed by atoms with van der Waals surface area (Å²) in [6.45, 7) is 3.89. The molecule has 3 aromatic carbocycles. The molecule has 8 heteroatoms. The van der Waals surface area contributed by atoms with Crippen LogP contribution in [0.2, 0.25) is 0 Å². The number of rotatable bonds is 10. The minimum absolute atomic E-state index is 0.0643. The number of aryl methyl sites for hydroxylation is 1. The van der Waals surface area contributed by atoms with E-state index < -0.39 is 5.91 Å². The van der Waals surface area contributed by atoms with Gasteiger partial charge in [-0.25, -0.2) is 0 Å². The number of ether oxygens (including phenoxy) is 3. The summed E-state index contributed by atoms with van der Waals surface area (Å²) < 4.78 is 16.4. The van der Waals surface area contributed by atoms with Crippen LogP contribution in [-0.4, -0.2) is 32.1 Å². The first-order valence-electron chi connectivity index (χ1n) is 11.2. The maximum absolute atomic E-state index is 12.6. The molecule has 184 valence electrons. The van der Waals surface area contributed by atoms with Crippen molar-refractivity contribution >= 4 is 29.3 Å². The van der Waals surface area contributed by atoms with E-state index in [2.05, 4.69) is 10.6 Å². The molecule has 0 spiro atoms. The molecular weight excluding hydrogens is 458 g/mol. The average molecular weight is 486 g/mol. The Bertz CT molecular complexity index is 1280. The number of hydrogen-bond acceptors (Lipinski definition) is 6. The predicted octanol–water partition coefficient (Wildman–Crippen LogP) is 4.97. The first-order chi connectivity index (χ1) is 17.4. The summed E-state index contributed by atoms with van der Waals surface area (Å²) in [6.07, 6.45) is 1.46. The third kappa shape index (κ3) is 7.37. The summed E-state index contributed by atoms with van der Waals surface area (Å²) in [6, 6.07) is 21.1. The van der Waals surface area contributed by atoms with E-state index in [4.69, 9.17) is 14.2 Å². The smallest absolute Gasteiger partial charge is 0.266 e. The molecule has 0 aliphatic rings. The number of amides is 2. The van der Waals surface area contributed by atoms with Crippen molar-refractivity contribution in [2.24, 2.45) is 0 Å². The van der Waals surface area contributed by atoms with Crippen LogP contribution in [0.3, 0.4) is 0 Å². The molecule has 3 rings (SSSR count). The van der Waals surface area contributed by atoms with Gasteiger partial charge in [-0.3, -0.25) is 9.59 Å². The Labute approximate surface area is 210 Å². The van der Waals surface area contributed by atoms with Crippen LogP contribution in [0.25, 0.3) is 6.08 Å². The molecule has 0 aliphatic carbocycles. The van der Waals surface area contributed by atoms with Crippen LogP contribution in [0.15, 0.2) is 72.3 Å². The summed E-state index contributed by atoms with van der Waals surface area (Å²) in [5, 5.41) is 15.0. The maximum Gasteiger partial charge on any atom is 0.266 e. The van der Waals surface area contributed by atoms with Gasteiger partial charge in [0.05, 0.1) is 13.7 Å². The Morgan fingerprint density at radius 3 is 2.22 bits per heavy atom. The summed E-state index contributed by atoms with van der Waals surface area (Å²) in [5.74, 6) is 0.578. The molecule has 8 nitrogen and oxygen atoms in total. The quantitative estimate of drug-likeness (QED) is 0.310. The summed E-state index contributed by atoms with van der Waals surface area (Å²) >= 11 is 0. The van der Waals surface area contributed by atoms with Crippen LogP contribution in [0.5, 0.6) is 17.2 Å². The van der Waals surface area contributed by atoms with E-state index >= 15 is 0 Å². The molecular formula is C28H27N3O5. The number of nitriles is 1. The minimum atomic E-state index is -0.519. The fourth-order valence-corrected chi connectivity index (χ4v) is 3.17. The van der Waals surface area contributed by atoms with E-state index in [1.165, 1.54) is 6.08 Å². The van der Waals surface area contributed by atoms with Crippen LogP contribution >= 0.6 is 0 Å². The maximum atomic E-state index is 12.6. The van der Waals surface area contributed by atoms with E-state index in [1.54, 1.807) is 61.7 Å². The van der Waals surface area contributed by atoms with Gasteiger partial charge in [0.15, 0.2) is 18.1 Å². The molecule has 0 saturated carbocycles. The number of carbonyl (C=O) groups is 2. The second-order valence-corrected chi connectivity index (χ2v) is 7.69. The summed E-state index contributed by atoms with van der Waals surface area (Å²) in [7, 11) is 1.57. The summed E-state index contributed by atoms with van der Waals surface area (Å²) in [5.41, 5.74) is 2.78. The third-order valence-corrected chi connectivity index (χ3v) is 4.99. The number of anilines is 2. The highest BCUT2D eigenvalue weighted by atomic mass is 16.5. The van der Waals surface area contributed by atoms with Crippen molar-refractivity contribution in [3.8, 4) is 23.3 Å². The van der Waals surface area contributed by atoms with Gasteiger partial charge in [0.2, 0.25) is 0 Å². The highest BCUT2D eigenvalue weighted by molar-refractivity contribution is 6.09. The van der Waals surface area contributed by atoms with E-state index in [-0.39, 0.29) is 18.1 Å². The second-order valence-electron chi connectivity index (χ2n) is 7.69. The van der Waals surface area contributed by atoms with Crippen LogP contribution in [0.4, 0.5) is 11.4 Å². The molecule has 0 fully saturated rings. The molecule has 3 aromatic rings. The Kier molecular flexibility index (Phi) is 9.06. The number of carbonyl (C=O) groups excluding carboxylic acids is 2. The number of methoxy groups -OCH3 is 1. The molecule has 0 saturated heterocycles. The molecule has 0 atom stereocenters. The molecule has 0 aliphatic heterocycles. The Morgan fingerprint density at radius 2 is 1.58 bits per heavy atom. The van der Waals surface area contributed by atoms with Crippen molar-refractivity contribution < 1.29 is 23.8 Å². The van der Waals surface area contributed by atoms with Crippen LogP contribution in [0, 0.1) is 18.3 Å². The van der Waals surface area contributed by atoms with Gasteiger partial charge < -0.3 is 24.8 Å². The highest BCUT2D eigenvalue weighted by Crippen LogP contribution is 2.29. The van der Waals surface area contributed by atoms with Gasteiger partial charge in [-0.2, -0.15) is 5.26 Å². The SMILES string of the molecule is CCOc1cc(C=C(C#N)C(=O)Nc2ccc(C)cc2)ccc1OCC(=O)Nc1ccc(OC)cc1. The minimum Gasteiger partial charge on any atom is -0.497 e. The Morgan fingerprint density at radius 1 is 0.917 bits per heavy atom. The van der Waals surface area contributed by atoms with Gasteiger partial charge in [-0.1, -0.05) is 23.8 Å². The number of nitrogens with one attached hydrogen (secondary N) is 2. The van der Waals surface area contributed by atoms with E-state index in [0.717, 1.165) is 5.56 Å². The van der Waals surface area contributed by atoms with Gasteiger partial charge in [0.25, 0.3) is 11.8 Å². The van der Waals surface area contributed by atoms with Gasteiger partial charge >= 0.3 is 0 Å². The lowest BCUT2D eigenvalue weighted by molar-refractivity contribution is -0.118. The van der Waals surface area contributed by atoms with Crippen LogP contribution in [-0.2, 0) is 9.59 Å². The monoisotopic (exact) mass is 485 g/mol. The van der Waals surface area contributed by atoms with Gasteiger partial charge in [-0.05, 0) is 74.0 Å². The van der Waals surface area contributed by atoms with Crippen molar-refractivity contribution in [3.63, 3.8) is 0 Å². The number of hydrogen-bond donors (Lipinski definition) is 2. The zero-order valence-electron chi connectivity index (χ0n) is 20.3. The average Bonchev–Trinajstić information content (AvgIpc) is 2.88. The molecule has 0 heterocycles. The number of benzene rings is 3. The van der Waals surface area contributed by atoms with E-state index in [1.807, 2.05) is 32.0 Å². The molecule has 2 N–H and O–H groups in total. The standard InChI is InChI=1S/C28H27N3O5/c1-4-35-26-16-20(15-21(17-29)28(33)31-23-8-5-19(2)6-9-23)7-14-25(26)36-18-27(32)30-22-10-12-24(34-3)13-11-22/h5-16H,4,18H2,1-3H3,(H,30,32)(H,31,33). The van der Waals surface area contributed by atoms with Crippen molar-refractivity contribution in [1.82, 2.24) is 0 Å². The second kappa shape index (κ2) is 12.6. The molecule has 36 heavy (non-hydrogen) atoms. The molecule has 0 aromatic heterocycles. The van der Waals surface area contributed by atoms with Gasteiger partial charge in [0.1, 0.15) is 17.4 Å². The van der Waals surface area contributed by atoms with E-state index in [9.17, 15) is 14.9 Å². The van der Waals surface area contributed by atoms with Crippen molar-refractivity contribution in [1.29, 1.82) is 5.26 Å². The highest BCUT2D eigenvalue weighted by Gasteiger charge is 2.13. The molecule has 0 bridgehead atoms. The van der Waals surface area contributed by atoms with Crippen molar-refractivity contribution in [3.05, 3.63) is 83.4 Å². The van der Waals surface area contributed by atoms with Crippen molar-refractivity contribution in [2.75, 3.05) is 31.0 Å². The lowest BCUT2D eigenvalue weighted by atomic mass is 10.1. The fraction of sp³-hybridized carbons (Fsp3) is 0.179. The summed E-state index contributed by atoms with van der Waals surface area (Å²) in [4.78, 5) is 24.9. The predicted molar refractivity (Wildman–Crippen MR) is 138 cm³/mol. The molecule has 2 amide bonds. The van der Waals surface area contributed by atoms with Crippen molar-refractivity contribution in [2.45, 2.75) is 13.8 Å². The lowest BCUT2D eigenvalue weighted by Crippen LogP contribution is -2.20. The largest absolute Gasteiger partial charge is 0.497 e. The zero-order chi connectivity index (χ0) is 25.9. The first kappa shape index (κ1) is 25.8. The Balaban J connectivity index is 1.68.